The molecule has 0 amide bonds. The fourth-order valence-electron chi connectivity index (χ4n) is 2.49. The van der Waals surface area contributed by atoms with Crippen LogP contribution in [0.2, 0.25) is 0 Å². The number of aliphatic carboxylic acids is 1. The van der Waals surface area contributed by atoms with Crippen LogP contribution in [0.25, 0.3) is 0 Å². The fraction of sp³-hybridized carbons (Fsp3) is 0.923. The number of rotatable bonds is 4. The third kappa shape index (κ3) is 4.64. The number of hydrogen-bond acceptors (Lipinski definition) is 3. The van der Waals surface area contributed by atoms with Crippen molar-refractivity contribution >= 4 is 5.97 Å². The molecule has 4 heteroatoms. The topological polar surface area (TPSA) is 43.8 Å². The highest BCUT2D eigenvalue weighted by Crippen LogP contribution is 2.17. The van der Waals surface area contributed by atoms with Gasteiger partial charge in [0, 0.05) is 25.2 Å². The zero-order valence-electron chi connectivity index (χ0n) is 11.5. The van der Waals surface area contributed by atoms with Gasteiger partial charge in [0.25, 0.3) is 0 Å². The van der Waals surface area contributed by atoms with E-state index in [4.69, 9.17) is 5.11 Å². The Bertz CT molecular complexity index is 256. The van der Waals surface area contributed by atoms with Crippen molar-refractivity contribution in [1.29, 1.82) is 0 Å². The van der Waals surface area contributed by atoms with Gasteiger partial charge in [-0.25, -0.2) is 0 Å². The molecule has 17 heavy (non-hydrogen) atoms. The van der Waals surface area contributed by atoms with Crippen molar-refractivity contribution in [3.63, 3.8) is 0 Å². The third-order valence-corrected chi connectivity index (χ3v) is 3.60. The number of likely N-dealkylation sites (N-methyl/N-ethyl adjacent to an activating group) is 1. The van der Waals surface area contributed by atoms with E-state index >= 15 is 0 Å². The molecular formula is C13H26N2O2. The molecule has 2 atom stereocenters. The lowest BCUT2D eigenvalue weighted by molar-refractivity contribution is -0.138. The van der Waals surface area contributed by atoms with Crippen molar-refractivity contribution in [3.8, 4) is 0 Å². The number of hydrogen-bond donors (Lipinski definition) is 1. The molecule has 1 rings (SSSR count). The minimum Gasteiger partial charge on any atom is -0.481 e. The summed E-state index contributed by atoms with van der Waals surface area (Å²) < 4.78 is 0. The van der Waals surface area contributed by atoms with E-state index in [9.17, 15) is 4.79 Å². The molecule has 0 bridgehead atoms. The Labute approximate surface area is 105 Å². The Kier molecular flexibility index (Phi) is 5.40. The van der Waals surface area contributed by atoms with Gasteiger partial charge in [-0.2, -0.15) is 0 Å². The van der Waals surface area contributed by atoms with E-state index in [2.05, 4.69) is 30.6 Å². The predicted octanol–water partition coefficient (Wildman–Crippen LogP) is 1.51. The van der Waals surface area contributed by atoms with Crippen molar-refractivity contribution < 1.29 is 9.90 Å². The molecule has 1 fully saturated rings. The van der Waals surface area contributed by atoms with Gasteiger partial charge in [0.2, 0.25) is 0 Å². The van der Waals surface area contributed by atoms with Gasteiger partial charge in [0.1, 0.15) is 0 Å². The number of carboxylic acid groups (broad SMARTS) is 1. The van der Waals surface area contributed by atoms with Gasteiger partial charge < -0.3 is 10.0 Å². The lowest BCUT2D eigenvalue weighted by Gasteiger charge is -2.31. The van der Waals surface area contributed by atoms with E-state index in [0.29, 0.717) is 12.0 Å². The Morgan fingerprint density at radius 2 is 2.12 bits per heavy atom. The van der Waals surface area contributed by atoms with Gasteiger partial charge in [-0.15, -0.1) is 0 Å². The average Bonchev–Trinajstić information content (AvgIpc) is 2.31. The Hall–Kier alpha value is -0.610. The van der Waals surface area contributed by atoms with E-state index < -0.39 is 5.97 Å². The van der Waals surface area contributed by atoms with Crippen LogP contribution in [0.3, 0.4) is 0 Å². The largest absolute Gasteiger partial charge is 0.481 e. The van der Waals surface area contributed by atoms with E-state index in [1.807, 2.05) is 7.05 Å². The SMILES string of the molecule is CC(C)CN1CC(CC(=O)O)N(C)CCC1C. The van der Waals surface area contributed by atoms with Crippen LogP contribution < -0.4 is 0 Å². The molecule has 4 nitrogen and oxygen atoms in total. The van der Waals surface area contributed by atoms with Crippen LogP contribution in [0.1, 0.15) is 33.6 Å². The average molecular weight is 242 g/mol. The molecule has 0 aromatic carbocycles. The zero-order chi connectivity index (χ0) is 13.0. The maximum atomic E-state index is 10.9. The Balaban J connectivity index is 2.67. The predicted molar refractivity (Wildman–Crippen MR) is 69.2 cm³/mol. The summed E-state index contributed by atoms with van der Waals surface area (Å²) in [5.41, 5.74) is 0. The molecule has 1 N–H and O–H groups in total. The molecule has 1 aliphatic heterocycles. The summed E-state index contributed by atoms with van der Waals surface area (Å²) in [4.78, 5) is 15.5. The van der Waals surface area contributed by atoms with Crippen LogP contribution in [0.5, 0.6) is 0 Å². The molecule has 0 radical (unpaired) electrons. The van der Waals surface area contributed by atoms with Crippen LogP contribution in [0, 0.1) is 5.92 Å². The summed E-state index contributed by atoms with van der Waals surface area (Å²) >= 11 is 0. The highest BCUT2D eigenvalue weighted by atomic mass is 16.4. The number of nitrogens with zero attached hydrogens (tertiary/aromatic N) is 2. The molecule has 0 aromatic heterocycles. The summed E-state index contributed by atoms with van der Waals surface area (Å²) in [5, 5.41) is 8.96. The molecule has 0 aromatic rings. The molecule has 0 spiro atoms. The molecule has 0 saturated carbocycles. The number of carboxylic acids is 1. The standard InChI is InChI=1S/C13H26N2O2/c1-10(2)8-15-9-12(7-13(16)17)14(4)6-5-11(15)3/h10-12H,5-9H2,1-4H3,(H,16,17). The van der Waals surface area contributed by atoms with Gasteiger partial charge in [-0.05, 0) is 32.9 Å². The summed E-state index contributed by atoms with van der Waals surface area (Å²) in [6.45, 7) is 9.61. The monoisotopic (exact) mass is 242 g/mol. The van der Waals surface area contributed by atoms with Gasteiger partial charge >= 0.3 is 5.97 Å². The summed E-state index contributed by atoms with van der Waals surface area (Å²) in [5.74, 6) is -0.0627. The van der Waals surface area contributed by atoms with Gasteiger partial charge in [0.15, 0.2) is 0 Å². The quantitative estimate of drug-likeness (QED) is 0.811. The second-order valence-corrected chi connectivity index (χ2v) is 5.72. The van der Waals surface area contributed by atoms with Crippen LogP contribution in [0.15, 0.2) is 0 Å². The normalized spacial score (nSPS) is 28.3. The second kappa shape index (κ2) is 6.36. The smallest absolute Gasteiger partial charge is 0.304 e. The summed E-state index contributed by atoms with van der Waals surface area (Å²) in [6, 6.07) is 0.704. The second-order valence-electron chi connectivity index (χ2n) is 5.72. The molecular weight excluding hydrogens is 216 g/mol. The van der Waals surface area contributed by atoms with Crippen molar-refractivity contribution in [2.45, 2.75) is 45.7 Å². The van der Waals surface area contributed by atoms with Gasteiger partial charge in [-0.1, -0.05) is 13.8 Å². The van der Waals surface area contributed by atoms with Crippen LogP contribution in [0.4, 0.5) is 0 Å². The van der Waals surface area contributed by atoms with Gasteiger partial charge in [0.05, 0.1) is 6.42 Å². The third-order valence-electron chi connectivity index (χ3n) is 3.60. The first-order valence-electron chi connectivity index (χ1n) is 6.56. The maximum absolute atomic E-state index is 10.9. The molecule has 2 unspecified atom stereocenters. The van der Waals surface area contributed by atoms with Crippen molar-refractivity contribution in [2.75, 3.05) is 26.7 Å². The minimum absolute atomic E-state index is 0.149. The van der Waals surface area contributed by atoms with Gasteiger partial charge in [-0.3, -0.25) is 9.69 Å². The highest BCUT2D eigenvalue weighted by molar-refractivity contribution is 5.67. The molecule has 100 valence electrons. The first-order chi connectivity index (χ1) is 7.90. The maximum Gasteiger partial charge on any atom is 0.304 e. The number of carbonyl (C=O) groups is 1. The fourth-order valence-corrected chi connectivity index (χ4v) is 2.49. The molecule has 1 aliphatic rings. The van der Waals surface area contributed by atoms with E-state index in [-0.39, 0.29) is 12.5 Å². The summed E-state index contributed by atoms with van der Waals surface area (Å²) in [6.07, 6.45) is 1.37. The molecule has 1 saturated heterocycles. The molecule has 1 heterocycles. The Morgan fingerprint density at radius 1 is 1.47 bits per heavy atom. The van der Waals surface area contributed by atoms with Crippen molar-refractivity contribution in [3.05, 3.63) is 0 Å². The highest BCUT2D eigenvalue weighted by Gasteiger charge is 2.28. The minimum atomic E-state index is -0.694. The van der Waals surface area contributed by atoms with Crippen molar-refractivity contribution in [1.82, 2.24) is 9.80 Å². The molecule has 0 aliphatic carbocycles. The first-order valence-corrected chi connectivity index (χ1v) is 6.56. The van der Waals surface area contributed by atoms with Crippen LogP contribution in [-0.2, 0) is 4.79 Å². The zero-order valence-corrected chi connectivity index (χ0v) is 11.5. The van der Waals surface area contributed by atoms with E-state index in [1.54, 1.807) is 0 Å². The lowest BCUT2D eigenvalue weighted by atomic mass is 10.1. The summed E-state index contributed by atoms with van der Waals surface area (Å²) in [7, 11) is 2.04. The Morgan fingerprint density at radius 3 is 2.65 bits per heavy atom. The first kappa shape index (κ1) is 14.5. The van der Waals surface area contributed by atoms with E-state index in [1.165, 1.54) is 0 Å². The van der Waals surface area contributed by atoms with Crippen molar-refractivity contribution in [2.24, 2.45) is 5.92 Å². The van der Waals surface area contributed by atoms with E-state index in [0.717, 1.165) is 26.1 Å². The lowest BCUT2D eigenvalue weighted by Crippen LogP contribution is -2.43. The van der Waals surface area contributed by atoms with Crippen LogP contribution in [-0.4, -0.2) is 59.6 Å². The van der Waals surface area contributed by atoms with Crippen LogP contribution >= 0.6 is 0 Å².